The van der Waals surface area contributed by atoms with Gasteiger partial charge >= 0.3 is 0 Å². The topological polar surface area (TPSA) is 106 Å². The lowest BCUT2D eigenvalue weighted by atomic mass is 10.2. The number of carbonyl (C=O) groups excluding carboxylic acids is 2. The number of hydrogen-bond donors (Lipinski definition) is 3. The van der Waals surface area contributed by atoms with Crippen molar-refractivity contribution < 1.29 is 14.3 Å². The van der Waals surface area contributed by atoms with Crippen molar-refractivity contribution in [3.63, 3.8) is 0 Å². The van der Waals surface area contributed by atoms with Crippen molar-refractivity contribution in [1.82, 2.24) is 10.3 Å². The van der Waals surface area contributed by atoms with Crippen LogP contribution in [0.3, 0.4) is 0 Å². The van der Waals surface area contributed by atoms with Gasteiger partial charge in [-0.15, -0.1) is 0 Å². The van der Waals surface area contributed by atoms with Crippen LogP contribution in [0.5, 0.6) is 5.75 Å². The van der Waals surface area contributed by atoms with Gasteiger partial charge in [-0.05, 0) is 25.1 Å². The Hall–Kier alpha value is -3.09. The van der Waals surface area contributed by atoms with Crippen molar-refractivity contribution in [2.45, 2.75) is 19.5 Å². The molecule has 0 bridgehead atoms. The lowest BCUT2D eigenvalue weighted by Crippen LogP contribution is -2.32. The zero-order valence-electron chi connectivity index (χ0n) is 13.6. The molecule has 0 spiro atoms. The highest BCUT2D eigenvalue weighted by molar-refractivity contribution is 5.93. The van der Waals surface area contributed by atoms with Gasteiger partial charge in [0.2, 0.25) is 5.91 Å². The Bertz CT molecular complexity index is 733. The molecule has 0 unspecified atom stereocenters. The van der Waals surface area contributed by atoms with E-state index in [2.05, 4.69) is 15.6 Å². The van der Waals surface area contributed by atoms with Gasteiger partial charge in [-0.1, -0.05) is 18.2 Å². The third-order valence-corrected chi connectivity index (χ3v) is 3.43. The summed E-state index contributed by atoms with van der Waals surface area (Å²) in [6.45, 7) is 1.96. The number of nitrogens with two attached hydrogens (primary N) is 1. The van der Waals surface area contributed by atoms with Crippen LogP contribution < -0.4 is 21.1 Å². The molecule has 2 amide bonds. The summed E-state index contributed by atoms with van der Waals surface area (Å²) < 4.78 is 5.25. The van der Waals surface area contributed by atoms with Gasteiger partial charge in [0.15, 0.2) is 0 Å². The molecule has 1 heterocycles. The Labute approximate surface area is 140 Å². The van der Waals surface area contributed by atoms with E-state index < -0.39 is 11.9 Å². The molecule has 0 radical (unpaired) electrons. The molecule has 2 aromatic rings. The van der Waals surface area contributed by atoms with Gasteiger partial charge in [0, 0.05) is 24.0 Å². The molecule has 0 fully saturated rings. The number of pyridine rings is 1. The Morgan fingerprint density at radius 2 is 2.04 bits per heavy atom. The average molecular weight is 328 g/mol. The first-order chi connectivity index (χ1) is 11.5. The van der Waals surface area contributed by atoms with E-state index in [0.29, 0.717) is 18.0 Å². The molecule has 1 atom stereocenters. The summed E-state index contributed by atoms with van der Waals surface area (Å²) in [6, 6.07) is 10.1. The first kappa shape index (κ1) is 17.3. The quantitative estimate of drug-likeness (QED) is 0.710. The maximum absolute atomic E-state index is 12.3. The zero-order valence-corrected chi connectivity index (χ0v) is 13.6. The molecule has 7 heteroatoms. The maximum atomic E-state index is 12.3. The molecule has 1 aromatic carbocycles. The Morgan fingerprint density at radius 3 is 2.75 bits per heavy atom. The molecule has 0 saturated heterocycles. The minimum atomic E-state index is -0.545. The van der Waals surface area contributed by atoms with E-state index in [1.807, 2.05) is 24.3 Å². The van der Waals surface area contributed by atoms with Crippen LogP contribution in [0, 0.1) is 0 Å². The van der Waals surface area contributed by atoms with E-state index in [-0.39, 0.29) is 11.6 Å². The van der Waals surface area contributed by atoms with Crippen molar-refractivity contribution in [3.05, 3.63) is 53.9 Å². The molecule has 0 saturated carbocycles. The number of ether oxygens (including phenoxy) is 1. The molecule has 24 heavy (non-hydrogen) atoms. The smallest absolute Gasteiger partial charge is 0.270 e. The zero-order chi connectivity index (χ0) is 17.5. The first-order valence-corrected chi connectivity index (χ1v) is 7.43. The standard InChI is InChI=1S/C17H20N4O3/c1-11(16(18)22)21-13-7-8-19-14(9-13)17(23)20-10-12-5-3-4-6-15(12)24-2/h3-9,11H,10H2,1-2H3,(H2,18,22)(H,19,21)(H,20,23)/t11-/m1/s1. The van der Waals surface area contributed by atoms with E-state index in [1.54, 1.807) is 26.2 Å². The van der Waals surface area contributed by atoms with Gasteiger partial charge in [0.25, 0.3) is 5.91 Å². The summed E-state index contributed by atoms with van der Waals surface area (Å²) in [5.41, 5.74) is 6.92. The number of benzene rings is 1. The van der Waals surface area contributed by atoms with Gasteiger partial charge in [0.05, 0.1) is 7.11 Å². The van der Waals surface area contributed by atoms with Crippen LogP contribution >= 0.6 is 0 Å². The van der Waals surface area contributed by atoms with Crippen molar-refractivity contribution in [2.75, 3.05) is 12.4 Å². The normalized spacial score (nSPS) is 11.4. The number of para-hydroxylation sites is 1. The number of amides is 2. The lowest BCUT2D eigenvalue weighted by Gasteiger charge is -2.12. The van der Waals surface area contributed by atoms with Crippen LogP contribution in [0.2, 0.25) is 0 Å². The number of anilines is 1. The van der Waals surface area contributed by atoms with Crippen LogP contribution in [0.25, 0.3) is 0 Å². The molecular weight excluding hydrogens is 308 g/mol. The summed E-state index contributed by atoms with van der Waals surface area (Å²) in [5.74, 6) is -0.0956. The Balaban J connectivity index is 2.03. The molecule has 7 nitrogen and oxygen atoms in total. The van der Waals surface area contributed by atoms with Crippen molar-refractivity contribution in [3.8, 4) is 5.75 Å². The van der Waals surface area contributed by atoms with E-state index in [9.17, 15) is 9.59 Å². The Kier molecular flexibility index (Phi) is 5.73. The summed E-state index contributed by atoms with van der Waals surface area (Å²) in [7, 11) is 1.58. The van der Waals surface area contributed by atoms with Crippen molar-refractivity contribution in [2.24, 2.45) is 5.73 Å². The second-order valence-electron chi connectivity index (χ2n) is 5.19. The fourth-order valence-corrected chi connectivity index (χ4v) is 2.08. The lowest BCUT2D eigenvalue weighted by molar-refractivity contribution is -0.118. The van der Waals surface area contributed by atoms with Crippen molar-refractivity contribution in [1.29, 1.82) is 0 Å². The third kappa shape index (κ3) is 4.45. The fourth-order valence-electron chi connectivity index (χ4n) is 2.08. The van der Waals surface area contributed by atoms with Gasteiger partial charge in [0.1, 0.15) is 17.5 Å². The summed E-state index contributed by atoms with van der Waals surface area (Å²) in [6.07, 6.45) is 1.49. The number of aromatic nitrogens is 1. The number of hydrogen-bond acceptors (Lipinski definition) is 5. The van der Waals surface area contributed by atoms with Crippen LogP contribution in [0.4, 0.5) is 5.69 Å². The van der Waals surface area contributed by atoms with Crippen LogP contribution in [-0.4, -0.2) is 29.9 Å². The molecule has 1 aromatic heterocycles. The van der Waals surface area contributed by atoms with Crippen LogP contribution in [0.1, 0.15) is 23.0 Å². The van der Waals surface area contributed by atoms with E-state index in [1.165, 1.54) is 6.20 Å². The van der Waals surface area contributed by atoms with Gasteiger partial charge in [-0.25, -0.2) is 0 Å². The number of carbonyl (C=O) groups is 2. The highest BCUT2D eigenvalue weighted by Gasteiger charge is 2.12. The van der Waals surface area contributed by atoms with E-state index in [4.69, 9.17) is 10.5 Å². The Morgan fingerprint density at radius 1 is 1.29 bits per heavy atom. The minimum absolute atomic E-state index is 0.242. The van der Waals surface area contributed by atoms with Gasteiger partial charge in [-0.3, -0.25) is 14.6 Å². The second kappa shape index (κ2) is 7.96. The van der Waals surface area contributed by atoms with Crippen molar-refractivity contribution >= 4 is 17.5 Å². The monoisotopic (exact) mass is 328 g/mol. The summed E-state index contributed by atoms with van der Waals surface area (Å²) in [5, 5.41) is 5.71. The highest BCUT2D eigenvalue weighted by atomic mass is 16.5. The minimum Gasteiger partial charge on any atom is -0.496 e. The molecule has 4 N–H and O–H groups in total. The maximum Gasteiger partial charge on any atom is 0.270 e. The summed E-state index contributed by atoms with van der Waals surface area (Å²) >= 11 is 0. The predicted octanol–water partition coefficient (Wildman–Crippen LogP) is 1.31. The number of methoxy groups -OCH3 is 1. The van der Waals surface area contributed by atoms with E-state index >= 15 is 0 Å². The van der Waals surface area contributed by atoms with Gasteiger partial charge < -0.3 is 21.1 Å². The van der Waals surface area contributed by atoms with E-state index in [0.717, 1.165) is 5.56 Å². The highest BCUT2D eigenvalue weighted by Crippen LogP contribution is 2.17. The number of primary amides is 1. The molecule has 0 aliphatic rings. The largest absolute Gasteiger partial charge is 0.496 e. The second-order valence-corrected chi connectivity index (χ2v) is 5.19. The number of nitrogens with one attached hydrogen (secondary N) is 2. The van der Waals surface area contributed by atoms with Gasteiger partial charge in [-0.2, -0.15) is 0 Å². The first-order valence-electron chi connectivity index (χ1n) is 7.43. The molecular formula is C17H20N4O3. The fraction of sp³-hybridized carbons (Fsp3) is 0.235. The third-order valence-electron chi connectivity index (χ3n) is 3.43. The number of nitrogens with zero attached hydrogens (tertiary/aromatic N) is 1. The molecule has 126 valence electrons. The summed E-state index contributed by atoms with van der Waals surface area (Å²) in [4.78, 5) is 27.4. The molecule has 0 aliphatic heterocycles. The molecule has 2 rings (SSSR count). The molecule has 0 aliphatic carbocycles. The SMILES string of the molecule is COc1ccccc1CNC(=O)c1cc(N[C@H](C)C(N)=O)ccn1. The van der Waals surface area contributed by atoms with Crippen LogP contribution in [-0.2, 0) is 11.3 Å². The predicted molar refractivity (Wildman–Crippen MR) is 90.7 cm³/mol. The van der Waals surface area contributed by atoms with Crippen LogP contribution in [0.15, 0.2) is 42.6 Å². The number of rotatable bonds is 7. The average Bonchev–Trinajstić information content (AvgIpc) is 2.60.